The average molecular weight is 381 g/mol. The maximum atomic E-state index is 13.7. The van der Waals surface area contributed by atoms with Crippen molar-refractivity contribution in [3.8, 4) is 5.75 Å². The molecule has 2 heterocycles. The fraction of sp³-hybridized carbons (Fsp3) is 0.143. The van der Waals surface area contributed by atoms with Crippen LogP contribution in [0, 0.1) is 11.6 Å². The molecule has 0 bridgehead atoms. The first-order chi connectivity index (χ1) is 13.5. The molecule has 0 aliphatic carbocycles. The fourth-order valence-corrected chi connectivity index (χ4v) is 3.20. The van der Waals surface area contributed by atoms with E-state index in [1.807, 2.05) is 24.3 Å². The molecule has 0 atom stereocenters. The minimum Gasteiger partial charge on any atom is -0.497 e. The largest absolute Gasteiger partial charge is 0.497 e. The van der Waals surface area contributed by atoms with Crippen molar-refractivity contribution in [3.63, 3.8) is 0 Å². The quantitative estimate of drug-likeness (QED) is 0.532. The number of aromatic amines is 1. The summed E-state index contributed by atoms with van der Waals surface area (Å²) in [5.41, 5.74) is 1.86. The Morgan fingerprint density at radius 2 is 2.00 bits per heavy atom. The second-order valence-electron chi connectivity index (χ2n) is 6.40. The zero-order valence-electron chi connectivity index (χ0n) is 15.1. The Labute approximate surface area is 159 Å². The number of fused-ring (bicyclic) bond motifs is 3. The molecule has 1 amide bonds. The van der Waals surface area contributed by atoms with Crippen molar-refractivity contribution in [1.82, 2.24) is 9.97 Å². The molecule has 0 radical (unpaired) electrons. The number of hydrogen-bond acceptors (Lipinski definition) is 3. The molecule has 2 aromatic heterocycles. The number of pyridine rings is 1. The molecule has 0 unspecified atom stereocenters. The smallest absolute Gasteiger partial charge is 0.225 e. The molecule has 5 nitrogen and oxygen atoms in total. The zero-order chi connectivity index (χ0) is 19.7. The third-order valence-electron chi connectivity index (χ3n) is 4.62. The topological polar surface area (TPSA) is 67.0 Å². The van der Waals surface area contributed by atoms with Crippen LogP contribution in [-0.4, -0.2) is 23.0 Å². The molecule has 4 aromatic rings. The Morgan fingerprint density at radius 3 is 2.79 bits per heavy atom. The lowest BCUT2D eigenvalue weighted by atomic mass is 10.1. The highest BCUT2D eigenvalue weighted by Crippen LogP contribution is 2.31. The van der Waals surface area contributed by atoms with Crippen molar-refractivity contribution in [1.29, 1.82) is 0 Å². The Bertz CT molecular complexity index is 1190. The molecular formula is C21H17F2N3O2. The summed E-state index contributed by atoms with van der Waals surface area (Å²) in [6.07, 6.45) is 1.83. The number of halogens is 2. The number of methoxy groups -OCH3 is 1. The van der Waals surface area contributed by atoms with E-state index in [0.29, 0.717) is 16.9 Å². The van der Waals surface area contributed by atoms with Gasteiger partial charge in [-0.1, -0.05) is 6.07 Å². The van der Waals surface area contributed by atoms with Gasteiger partial charge in [-0.15, -0.1) is 0 Å². The van der Waals surface area contributed by atoms with Crippen LogP contribution in [0.4, 0.5) is 14.6 Å². The van der Waals surface area contributed by atoms with Crippen LogP contribution in [0.25, 0.3) is 21.8 Å². The third kappa shape index (κ3) is 3.38. The van der Waals surface area contributed by atoms with Gasteiger partial charge in [0.15, 0.2) is 5.82 Å². The van der Waals surface area contributed by atoms with Gasteiger partial charge in [0, 0.05) is 35.5 Å². The van der Waals surface area contributed by atoms with E-state index in [1.165, 1.54) is 12.1 Å². The molecule has 0 aliphatic rings. The summed E-state index contributed by atoms with van der Waals surface area (Å²) in [4.78, 5) is 19.8. The number of nitrogens with one attached hydrogen (secondary N) is 2. The molecule has 0 saturated carbocycles. The second-order valence-corrected chi connectivity index (χ2v) is 6.40. The molecule has 0 spiro atoms. The van der Waals surface area contributed by atoms with E-state index in [4.69, 9.17) is 4.74 Å². The summed E-state index contributed by atoms with van der Waals surface area (Å²) in [5, 5.41) is 4.68. The van der Waals surface area contributed by atoms with Crippen LogP contribution in [-0.2, 0) is 11.2 Å². The lowest BCUT2D eigenvalue weighted by molar-refractivity contribution is -0.116. The van der Waals surface area contributed by atoms with Crippen molar-refractivity contribution < 1.29 is 18.3 Å². The molecule has 28 heavy (non-hydrogen) atoms. The third-order valence-corrected chi connectivity index (χ3v) is 4.62. The summed E-state index contributed by atoms with van der Waals surface area (Å²) in [7, 11) is 1.60. The normalized spacial score (nSPS) is 11.1. The van der Waals surface area contributed by atoms with E-state index in [0.717, 1.165) is 28.1 Å². The standard InChI is InChI=1S/C21H17F2N3O2/c1-28-14-5-6-15-16-8-9-24-21(20(16)25-18(15)11-14)26-19(27)7-3-12-2-4-13(22)10-17(12)23/h2,4-6,8-11,25H,3,7H2,1H3,(H,24,26,27). The number of rotatable bonds is 5. The van der Waals surface area contributed by atoms with Gasteiger partial charge < -0.3 is 15.0 Å². The van der Waals surface area contributed by atoms with E-state index in [-0.39, 0.29) is 18.7 Å². The van der Waals surface area contributed by atoms with E-state index in [1.54, 1.807) is 13.3 Å². The SMILES string of the molecule is COc1ccc2c(c1)[nH]c1c(NC(=O)CCc3ccc(F)cc3F)nccc12. The van der Waals surface area contributed by atoms with Crippen LogP contribution < -0.4 is 10.1 Å². The number of anilines is 1. The first kappa shape index (κ1) is 17.9. The molecule has 0 aliphatic heterocycles. The highest BCUT2D eigenvalue weighted by Gasteiger charge is 2.13. The van der Waals surface area contributed by atoms with Gasteiger partial charge in [-0.25, -0.2) is 13.8 Å². The van der Waals surface area contributed by atoms with Gasteiger partial charge in [-0.2, -0.15) is 0 Å². The fourth-order valence-electron chi connectivity index (χ4n) is 3.20. The van der Waals surface area contributed by atoms with E-state index in [2.05, 4.69) is 15.3 Å². The Morgan fingerprint density at radius 1 is 1.14 bits per heavy atom. The maximum Gasteiger partial charge on any atom is 0.225 e. The number of carbonyl (C=O) groups excluding carboxylic acids is 1. The molecule has 0 fully saturated rings. The van der Waals surface area contributed by atoms with Gasteiger partial charge in [0.05, 0.1) is 18.1 Å². The number of aromatic nitrogens is 2. The number of nitrogens with zero attached hydrogens (tertiary/aromatic N) is 1. The predicted octanol–water partition coefficient (Wildman–Crippen LogP) is 4.57. The molecule has 7 heteroatoms. The average Bonchev–Trinajstić information content (AvgIpc) is 3.06. The summed E-state index contributed by atoms with van der Waals surface area (Å²) in [6, 6.07) is 10.9. The van der Waals surface area contributed by atoms with Crippen LogP contribution in [0.5, 0.6) is 5.75 Å². The second kappa shape index (κ2) is 7.26. The van der Waals surface area contributed by atoms with Gasteiger partial charge in [0.25, 0.3) is 0 Å². The lowest BCUT2D eigenvalue weighted by Gasteiger charge is -2.06. The number of carbonyl (C=O) groups is 1. The lowest BCUT2D eigenvalue weighted by Crippen LogP contribution is -2.14. The van der Waals surface area contributed by atoms with Crippen LogP contribution >= 0.6 is 0 Å². The summed E-state index contributed by atoms with van der Waals surface area (Å²) in [5.74, 6) is -0.481. The summed E-state index contributed by atoms with van der Waals surface area (Å²) in [6.45, 7) is 0. The van der Waals surface area contributed by atoms with Gasteiger partial charge in [-0.05, 0) is 36.2 Å². The molecular weight excluding hydrogens is 364 g/mol. The number of aryl methyl sites for hydroxylation is 1. The highest BCUT2D eigenvalue weighted by atomic mass is 19.1. The van der Waals surface area contributed by atoms with Crippen LogP contribution in [0.15, 0.2) is 48.7 Å². The molecule has 0 saturated heterocycles. The number of benzene rings is 2. The zero-order valence-corrected chi connectivity index (χ0v) is 15.1. The molecule has 142 valence electrons. The van der Waals surface area contributed by atoms with E-state index >= 15 is 0 Å². The summed E-state index contributed by atoms with van der Waals surface area (Å²) < 4.78 is 31.9. The van der Waals surface area contributed by atoms with Gasteiger partial charge >= 0.3 is 0 Å². The Hall–Kier alpha value is -3.48. The number of hydrogen-bond donors (Lipinski definition) is 2. The van der Waals surface area contributed by atoms with Crippen LogP contribution in [0.3, 0.4) is 0 Å². The van der Waals surface area contributed by atoms with E-state index in [9.17, 15) is 13.6 Å². The molecule has 2 N–H and O–H groups in total. The van der Waals surface area contributed by atoms with Crippen molar-refractivity contribution in [2.75, 3.05) is 12.4 Å². The van der Waals surface area contributed by atoms with Crippen LogP contribution in [0.2, 0.25) is 0 Å². The monoisotopic (exact) mass is 381 g/mol. The highest BCUT2D eigenvalue weighted by molar-refractivity contribution is 6.12. The van der Waals surface area contributed by atoms with Crippen LogP contribution in [0.1, 0.15) is 12.0 Å². The first-order valence-corrected chi connectivity index (χ1v) is 8.73. The Balaban J connectivity index is 1.56. The van der Waals surface area contributed by atoms with E-state index < -0.39 is 11.6 Å². The maximum absolute atomic E-state index is 13.7. The predicted molar refractivity (Wildman–Crippen MR) is 103 cm³/mol. The molecule has 2 aromatic carbocycles. The van der Waals surface area contributed by atoms with Crippen molar-refractivity contribution in [2.45, 2.75) is 12.8 Å². The van der Waals surface area contributed by atoms with Gasteiger partial charge in [-0.3, -0.25) is 4.79 Å². The molecule has 4 rings (SSSR count). The minimum absolute atomic E-state index is 0.0503. The number of amides is 1. The van der Waals surface area contributed by atoms with Gasteiger partial charge in [0.1, 0.15) is 17.4 Å². The van der Waals surface area contributed by atoms with Crippen molar-refractivity contribution >= 4 is 33.5 Å². The minimum atomic E-state index is -0.655. The van der Waals surface area contributed by atoms with Gasteiger partial charge in [0.2, 0.25) is 5.91 Å². The number of H-pyrrole nitrogens is 1. The van der Waals surface area contributed by atoms with Crippen molar-refractivity contribution in [3.05, 3.63) is 65.9 Å². The Kier molecular flexibility index (Phi) is 4.65. The first-order valence-electron chi connectivity index (χ1n) is 8.73. The van der Waals surface area contributed by atoms with Crippen molar-refractivity contribution in [2.24, 2.45) is 0 Å². The number of ether oxygens (including phenoxy) is 1. The summed E-state index contributed by atoms with van der Waals surface area (Å²) >= 11 is 0.